The van der Waals surface area contributed by atoms with Gasteiger partial charge in [0.1, 0.15) is 10.1 Å². The van der Waals surface area contributed by atoms with Crippen molar-refractivity contribution in [2.24, 2.45) is 0 Å². The zero-order chi connectivity index (χ0) is 11.4. The minimum Gasteiger partial charge on any atom is -0.476 e. The van der Waals surface area contributed by atoms with Crippen LogP contribution in [0.5, 0.6) is 0 Å². The molecule has 80 valence electrons. The zero-order valence-corrected chi connectivity index (χ0v) is 8.89. The van der Waals surface area contributed by atoms with Gasteiger partial charge in [-0.2, -0.15) is 0 Å². The summed E-state index contributed by atoms with van der Waals surface area (Å²) in [6, 6.07) is 5.40. The molecule has 0 bridgehead atoms. The van der Waals surface area contributed by atoms with Crippen molar-refractivity contribution in [1.29, 1.82) is 0 Å². The van der Waals surface area contributed by atoms with Gasteiger partial charge in [-0.3, -0.25) is 0 Å². The third-order valence-corrected chi connectivity index (χ3v) is 2.65. The first-order valence-electron chi connectivity index (χ1n) is 4.40. The molecule has 0 spiro atoms. The van der Waals surface area contributed by atoms with Crippen molar-refractivity contribution in [1.82, 2.24) is 15.0 Å². The van der Waals surface area contributed by atoms with Gasteiger partial charge in [-0.1, -0.05) is 6.07 Å². The number of carboxylic acids is 1. The molecule has 16 heavy (non-hydrogen) atoms. The molecule has 0 unspecified atom stereocenters. The lowest BCUT2D eigenvalue weighted by molar-refractivity contribution is 0.0685. The summed E-state index contributed by atoms with van der Waals surface area (Å²) in [6.07, 6.45) is 4.45. The highest BCUT2D eigenvalue weighted by Crippen LogP contribution is 2.25. The molecule has 0 fully saturated rings. The zero-order valence-electron chi connectivity index (χ0n) is 8.07. The minimum atomic E-state index is -1.09. The Balaban J connectivity index is 2.31. The largest absolute Gasteiger partial charge is 0.476 e. The number of aromatic nitrogens is 3. The molecular weight excluding hydrogens is 226 g/mol. The second-order valence-electron chi connectivity index (χ2n) is 2.79. The molecule has 0 saturated carbocycles. The third kappa shape index (κ3) is 2.34. The van der Waals surface area contributed by atoms with Crippen LogP contribution in [0.25, 0.3) is 0 Å². The first-order chi connectivity index (χ1) is 7.77. The van der Waals surface area contributed by atoms with Gasteiger partial charge < -0.3 is 5.11 Å². The van der Waals surface area contributed by atoms with Crippen LogP contribution in [0.1, 0.15) is 10.5 Å². The van der Waals surface area contributed by atoms with Crippen LogP contribution in [0.3, 0.4) is 0 Å². The highest BCUT2D eigenvalue weighted by atomic mass is 32.2. The second-order valence-corrected chi connectivity index (χ2v) is 3.79. The standard InChI is InChI=1S/C10H7N3O2S/c14-10(15)8-9(13-6-5-12-8)16-7-3-1-2-4-11-7/h1-6H,(H,14,15). The first-order valence-corrected chi connectivity index (χ1v) is 5.22. The molecule has 0 aliphatic carbocycles. The second kappa shape index (κ2) is 4.71. The predicted molar refractivity (Wildman–Crippen MR) is 57.4 cm³/mol. The summed E-state index contributed by atoms with van der Waals surface area (Å²) in [5, 5.41) is 9.93. The summed E-state index contributed by atoms with van der Waals surface area (Å²) < 4.78 is 0. The molecule has 1 N–H and O–H groups in total. The van der Waals surface area contributed by atoms with Crippen LogP contribution in [0.4, 0.5) is 0 Å². The molecule has 2 aromatic rings. The molecule has 5 nitrogen and oxygen atoms in total. The SMILES string of the molecule is O=C(O)c1nccnc1Sc1ccccn1. The Labute approximate surface area is 95.6 Å². The Kier molecular flexibility index (Phi) is 3.11. The van der Waals surface area contributed by atoms with Gasteiger partial charge in [0, 0.05) is 18.6 Å². The smallest absolute Gasteiger partial charge is 0.357 e. The maximum absolute atomic E-state index is 10.9. The molecule has 2 rings (SSSR count). The van der Waals surface area contributed by atoms with Crippen LogP contribution in [-0.2, 0) is 0 Å². The van der Waals surface area contributed by atoms with Crippen molar-refractivity contribution >= 4 is 17.7 Å². The molecule has 0 radical (unpaired) electrons. The van der Waals surface area contributed by atoms with E-state index < -0.39 is 5.97 Å². The van der Waals surface area contributed by atoms with E-state index in [0.29, 0.717) is 10.1 Å². The molecule has 0 aromatic carbocycles. The van der Waals surface area contributed by atoms with E-state index in [-0.39, 0.29) is 5.69 Å². The van der Waals surface area contributed by atoms with E-state index in [1.807, 2.05) is 6.07 Å². The fourth-order valence-corrected chi connectivity index (χ4v) is 1.86. The van der Waals surface area contributed by atoms with Gasteiger partial charge >= 0.3 is 5.97 Å². The number of carboxylic acid groups (broad SMARTS) is 1. The summed E-state index contributed by atoms with van der Waals surface area (Å²) in [4.78, 5) is 22.7. The van der Waals surface area contributed by atoms with E-state index in [1.54, 1.807) is 18.3 Å². The van der Waals surface area contributed by atoms with Crippen molar-refractivity contribution in [3.63, 3.8) is 0 Å². The average Bonchev–Trinajstić information content (AvgIpc) is 2.31. The van der Waals surface area contributed by atoms with Gasteiger partial charge in [0.25, 0.3) is 0 Å². The fraction of sp³-hybridized carbons (Fsp3) is 0. The van der Waals surface area contributed by atoms with Gasteiger partial charge in [-0.05, 0) is 23.9 Å². The molecule has 2 heterocycles. The number of rotatable bonds is 3. The van der Waals surface area contributed by atoms with Crippen LogP contribution in [-0.4, -0.2) is 26.0 Å². The third-order valence-electron chi connectivity index (χ3n) is 1.71. The summed E-state index contributed by atoms with van der Waals surface area (Å²) in [6.45, 7) is 0. The summed E-state index contributed by atoms with van der Waals surface area (Å²) in [7, 11) is 0. The van der Waals surface area contributed by atoms with E-state index in [1.165, 1.54) is 24.2 Å². The molecule has 2 aromatic heterocycles. The van der Waals surface area contributed by atoms with E-state index in [4.69, 9.17) is 5.11 Å². The van der Waals surface area contributed by atoms with Crippen molar-refractivity contribution in [2.45, 2.75) is 10.1 Å². The lowest BCUT2D eigenvalue weighted by atomic mass is 10.5. The number of hydrogen-bond acceptors (Lipinski definition) is 5. The van der Waals surface area contributed by atoms with E-state index >= 15 is 0 Å². The quantitative estimate of drug-likeness (QED) is 0.869. The Morgan fingerprint density at radius 3 is 2.62 bits per heavy atom. The van der Waals surface area contributed by atoms with Crippen LogP contribution in [0.2, 0.25) is 0 Å². The molecule has 0 atom stereocenters. The van der Waals surface area contributed by atoms with Crippen LogP contribution >= 0.6 is 11.8 Å². The highest BCUT2D eigenvalue weighted by Gasteiger charge is 2.13. The number of hydrogen-bond donors (Lipinski definition) is 1. The summed E-state index contributed by atoms with van der Waals surface area (Å²) in [5.41, 5.74) is -0.0573. The maximum Gasteiger partial charge on any atom is 0.357 e. The Bertz CT molecular complexity index is 504. The van der Waals surface area contributed by atoms with E-state index in [9.17, 15) is 4.79 Å². The molecule has 0 aliphatic heterocycles. The minimum absolute atomic E-state index is 0.0573. The Morgan fingerprint density at radius 1 is 1.12 bits per heavy atom. The fourth-order valence-electron chi connectivity index (χ4n) is 1.05. The maximum atomic E-state index is 10.9. The van der Waals surface area contributed by atoms with E-state index in [0.717, 1.165) is 0 Å². The van der Waals surface area contributed by atoms with Gasteiger partial charge in [0.15, 0.2) is 5.69 Å². The summed E-state index contributed by atoms with van der Waals surface area (Å²) in [5.74, 6) is -1.09. The monoisotopic (exact) mass is 233 g/mol. The normalized spacial score (nSPS) is 10.0. The molecule has 0 amide bonds. The lowest BCUT2D eigenvalue weighted by Gasteiger charge is -2.01. The van der Waals surface area contributed by atoms with Crippen LogP contribution in [0, 0.1) is 0 Å². The van der Waals surface area contributed by atoms with Gasteiger partial charge in [-0.15, -0.1) is 0 Å². The van der Waals surface area contributed by atoms with Crippen molar-refractivity contribution in [3.05, 3.63) is 42.5 Å². The van der Waals surface area contributed by atoms with E-state index in [2.05, 4.69) is 15.0 Å². The first kappa shape index (κ1) is 10.6. The van der Waals surface area contributed by atoms with Gasteiger partial charge in [0.2, 0.25) is 0 Å². The molecular formula is C10H7N3O2S. The average molecular weight is 233 g/mol. The topological polar surface area (TPSA) is 76.0 Å². The van der Waals surface area contributed by atoms with Crippen molar-refractivity contribution in [3.8, 4) is 0 Å². The van der Waals surface area contributed by atoms with Crippen molar-refractivity contribution in [2.75, 3.05) is 0 Å². The van der Waals surface area contributed by atoms with Crippen molar-refractivity contribution < 1.29 is 9.90 Å². The number of carbonyl (C=O) groups is 1. The molecule has 0 aliphatic rings. The Hall–Kier alpha value is -1.95. The number of pyridine rings is 1. The van der Waals surface area contributed by atoms with Crippen LogP contribution in [0.15, 0.2) is 46.8 Å². The van der Waals surface area contributed by atoms with Gasteiger partial charge in [0.05, 0.1) is 0 Å². The summed E-state index contributed by atoms with van der Waals surface area (Å²) >= 11 is 1.18. The Morgan fingerprint density at radius 2 is 1.94 bits per heavy atom. The number of nitrogens with zero attached hydrogens (tertiary/aromatic N) is 3. The molecule has 0 saturated heterocycles. The number of aromatic carboxylic acids is 1. The van der Waals surface area contributed by atoms with Gasteiger partial charge in [-0.25, -0.2) is 19.7 Å². The molecule has 6 heteroatoms. The lowest BCUT2D eigenvalue weighted by Crippen LogP contribution is -2.03. The highest BCUT2D eigenvalue weighted by molar-refractivity contribution is 7.99. The van der Waals surface area contributed by atoms with Crippen LogP contribution < -0.4 is 0 Å². The predicted octanol–water partition coefficient (Wildman–Crippen LogP) is 1.72.